The lowest BCUT2D eigenvalue weighted by Crippen LogP contribution is -1.83. The maximum atomic E-state index is 5.30. The fourth-order valence-electron chi connectivity index (χ4n) is 0.516. The van der Waals surface area contributed by atoms with Crippen molar-refractivity contribution in [1.82, 2.24) is 29.9 Å². The first-order valence-electron chi connectivity index (χ1n) is 3.58. The van der Waals surface area contributed by atoms with Gasteiger partial charge in [0.25, 0.3) is 0 Å². The molecule has 0 fully saturated rings. The molecule has 10 heteroatoms. The Morgan fingerprint density at radius 1 is 0.562 bits per heavy atom. The fourth-order valence-corrected chi connectivity index (χ4v) is 1.10. The van der Waals surface area contributed by atoms with Crippen LogP contribution in [0.3, 0.4) is 0 Å². The van der Waals surface area contributed by atoms with Crippen LogP contribution in [-0.2, 0) is 0 Å². The molecule has 6 nitrogen and oxygen atoms in total. The number of nitrogens with zero attached hydrogens (tertiary/aromatic N) is 6. The van der Waals surface area contributed by atoms with Crippen molar-refractivity contribution >= 4 is 46.4 Å². The van der Waals surface area contributed by atoms with Crippen LogP contribution >= 0.6 is 46.4 Å². The minimum Gasteiger partial charge on any atom is -0.206 e. The first-order valence-corrected chi connectivity index (χ1v) is 5.09. The van der Waals surface area contributed by atoms with Crippen molar-refractivity contribution in [2.24, 2.45) is 0 Å². The van der Waals surface area contributed by atoms with Gasteiger partial charge in [0.2, 0.25) is 21.1 Å². The van der Waals surface area contributed by atoms with Crippen LogP contribution < -0.4 is 0 Å². The Labute approximate surface area is 110 Å². The molecule has 0 aliphatic rings. The summed E-state index contributed by atoms with van der Waals surface area (Å²) in [6, 6.07) is 0. The van der Waals surface area contributed by atoms with Crippen LogP contribution in [0.4, 0.5) is 0 Å². The highest BCUT2D eigenvalue weighted by molar-refractivity contribution is 6.31. The molecular weight excluding hydrogens is 298 g/mol. The molecule has 2 aromatic heterocycles. The third kappa shape index (κ3) is 5.32. The van der Waals surface area contributed by atoms with Gasteiger partial charge in [-0.2, -0.15) is 9.97 Å². The Balaban J connectivity index is 0.000000160. The zero-order valence-corrected chi connectivity index (χ0v) is 10.4. The Morgan fingerprint density at radius 2 is 0.812 bits per heavy atom. The first kappa shape index (κ1) is 13.2. The van der Waals surface area contributed by atoms with Crippen LogP contribution in [0, 0.1) is 0 Å². The van der Waals surface area contributed by atoms with Gasteiger partial charge in [-0.1, -0.05) is 0 Å². The summed E-state index contributed by atoms with van der Waals surface area (Å²) in [5, 5.41) is 0.463. The lowest BCUT2D eigenvalue weighted by Gasteiger charge is -1.84. The number of rotatable bonds is 0. The maximum absolute atomic E-state index is 5.30. The predicted octanol–water partition coefficient (Wildman–Crippen LogP) is 2.36. The largest absolute Gasteiger partial charge is 0.226 e. The molecule has 0 saturated carbocycles. The monoisotopic (exact) mass is 298 g/mol. The molecular formula is C6H2Cl4N6. The molecule has 2 aromatic rings. The minimum atomic E-state index is 0.116. The van der Waals surface area contributed by atoms with E-state index in [2.05, 4.69) is 29.9 Å². The smallest absolute Gasteiger partial charge is 0.206 e. The van der Waals surface area contributed by atoms with E-state index in [1.807, 2.05) is 0 Å². The molecule has 0 N–H and O–H groups in total. The lowest BCUT2D eigenvalue weighted by atomic mass is 11.1. The second-order valence-electron chi connectivity index (χ2n) is 2.05. The van der Waals surface area contributed by atoms with E-state index in [9.17, 15) is 0 Å². The van der Waals surface area contributed by atoms with Gasteiger partial charge < -0.3 is 0 Å². The van der Waals surface area contributed by atoms with E-state index < -0.39 is 0 Å². The van der Waals surface area contributed by atoms with Crippen molar-refractivity contribution < 1.29 is 0 Å². The molecule has 0 aromatic carbocycles. The molecule has 0 bridgehead atoms. The zero-order valence-electron chi connectivity index (χ0n) is 7.35. The predicted molar refractivity (Wildman–Crippen MR) is 59.7 cm³/mol. The average molecular weight is 300 g/mol. The number of hydrogen-bond acceptors (Lipinski definition) is 6. The zero-order chi connectivity index (χ0) is 12.0. The van der Waals surface area contributed by atoms with Crippen LogP contribution in [0.15, 0.2) is 12.7 Å². The molecule has 0 spiro atoms. The van der Waals surface area contributed by atoms with Gasteiger partial charge >= 0.3 is 0 Å². The first-order chi connectivity index (χ1) is 7.58. The van der Waals surface area contributed by atoms with E-state index in [-0.39, 0.29) is 21.1 Å². The molecule has 0 unspecified atom stereocenters. The molecule has 0 atom stereocenters. The van der Waals surface area contributed by atoms with E-state index in [1.54, 1.807) is 0 Å². The topological polar surface area (TPSA) is 77.3 Å². The van der Waals surface area contributed by atoms with Crippen LogP contribution in [0.1, 0.15) is 0 Å². The quantitative estimate of drug-likeness (QED) is 0.743. The van der Waals surface area contributed by atoms with Crippen molar-refractivity contribution in [3.63, 3.8) is 0 Å². The number of aromatic nitrogens is 6. The third-order valence-corrected chi connectivity index (χ3v) is 1.75. The SMILES string of the molecule is Clc1ncnc(Cl)n1.Clc1ncnc(Cl)n1. The standard InChI is InChI=1S/2C3HCl2N3/c2*4-2-6-1-7-3(5)8-2/h2*1H. The van der Waals surface area contributed by atoms with Crippen molar-refractivity contribution in [2.45, 2.75) is 0 Å². The van der Waals surface area contributed by atoms with Gasteiger partial charge in [-0.05, 0) is 46.4 Å². The van der Waals surface area contributed by atoms with E-state index in [4.69, 9.17) is 46.4 Å². The van der Waals surface area contributed by atoms with Gasteiger partial charge in [-0.15, -0.1) is 0 Å². The second-order valence-corrected chi connectivity index (χ2v) is 3.40. The summed E-state index contributed by atoms with van der Waals surface area (Å²) in [5.41, 5.74) is 0. The molecule has 0 amide bonds. The van der Waals surface area contributed by atoms with Crippen molar-refractivity contribution in [1.29, 1.82) is 0 Å². The van der Waals surface area contributed by atoms with Crippen molar-refractivity contribution in [3.05, 3.63) is 33.8 Å². The molecule has 0 aliphatic carbocycles. The summed E-state index contributed by atoms with van der Waals surface area (Å²) in [6.07, 6.45) is 2.50. The third-order valence-electron chi connectivity index (χ3n) is 1.03. The Kier molecular flexibility index (Phi) is 5.54. The Bertz CT molecular complexity index is 388. The van der Waals surface area contributed by atoms with Gasteiger partial charge in [0, 0.05) is 0 Å². The van der Waals surface area contributed by atoms with Gasteiger partial charge in [-0.25, -0.2) is 19.9 Å². The summed E-state index contributed by atoms with van der Waals surface area (Å²) < 4.78 is 0. The summed E-state index contributed by atoms with van der Waals surface area (Å²) >= 11 is 21.2. The van der Waals surface area contributed by atoms with Crippen LogP contribution in [0.25, 0.3) is 0 Å². The summed E-state index contributed by atoms with van der Waals surface area (Å²) in [7, 11) is 0. The molecule has 0 radical (unpaired) electrons. The Hall–Kier alpha value is -0.820. The van der Waals surface area contributed by atoms with E-state index in [0.717, 1.165) is 0 Å². The number of hydrogen-bond donors (Lipinski definition) is 0. The molecule has 0 aliphatic heterocycles. The van der Waals surface area contributed by atoms with Gasteiger partial charge in [0.1, 0.15) is 12.7 Å². The molecule has 2 heterocycles. The maximum Gasteiger partial charge on any atom is 0.226 e. The van der Waals surface area contributed by atoms with Gasteiger partial charge in [-0.3, -0.25) is 0 Å². The number of halogens is 4. The average Bonchev–Trinajstić information content (AvgIpc) is 2.17. The van der Waals surface area contributed by atoms with E-state index in [0.29, 0.717) is 0 Å². The highest BCUT2D eigenvalue weighted by Crippen LogP contribution is 2.01. The van der Waals surface area contributed by atoms with Gasteiger partial charge in [0.15, 0.2) is 0 Å². The van der Waals surface area contributed by atoms with Crippen molar-refractivity contribution in [2.75, 3.05) is 0 Å². The van der Waals surface area contributed by atoms with E-state index >= 15 is 0 Å². The van der Waals surface area contributed by atoms with Crippen LogP contribution in [0.5, 0.6) is 0 Å². The Morgan fingerprint density at radius 3 is 0.938 bits per heavy atom. The fraction of sp³-hybridized carbons (Fsp3) is 0. The van der Waals surface area contributed by atoms with Crippen molar-refractivity contribution in [3.8, 4) is 0 Å². The van der Waals surface area contributed by atoms with Crippen LogP contribution in [0.2, 0.25) is 21.1 Å². The lowest BCUT2D eigenvalue weighted by molar-refractivity contribution is 1.05. The normalized spacial score (nSPS) is 9.25. The minimum absolute atomic E-state index is 0.116. The summed E-state index contributed by atoms with van der Waals surface area (Å²) in [6.45, 7) is 0. The molecule has 84 valence electrons. The molecule has 0 saturated heterocycles. The summed E-state index contributed by atoms with van der Waals surface area (Å²) in [4.78, 5) is 21.0. The summed E-state index contributed by atoms with van der Waals surface area (Å²) in [5.74, 6) is 0. The van der Waals surface area contributed by atoms with Gasteiger partial charge in [0.05, 0.1) is 0 Å². The highest BCUT2D eigenvalue weighted by Gasteiger charge is 1.90. The van der Waals surface area contributed by atoms with E-state index in [1.165, 1.54) is 12.7 Å². The second kappa shape index (κ2) is 6.70. The molecule has 16 heavy (non-hydrogen) atoms. The molecule has 2 rings (SSSR count). The highest BCUT2D eigenvalue weighted by atomic mass is 35.5. The van der Waals surface area contributed by atoms with Crippen LogP contribution in [-0.4, -0.2) is 29.9 Å².